The Kier molecular flexibility index (Phi) is 3.82. The zero-order chi connectivity index (χ0) is 13.0. The summed E-state index contributed by atoms with van der Waals surface area (Å²) in [6, 6.07) is 7.44. The topological polar surface area (TPSA) is 22.1 Å². The van der Waals surface area contributed by atoms with Crippen molar-refractivity contribution >= 4 is 0 Å². The number of halogens is 3. The predicted octanol–water partition coefficient (Wildman–Crippen LogP) is 3.42. The molecule has 2 aromatic rings. The van der Waals surface area contributed by atoms with Crippen molar-refractivity contribution in [2.24, 2.45) is 0 Å². The molecule has 0 saturated carbocycles. The fourth-order valence-electron chi connectivity index (χ4n) is 1.48. The molecule has 2 rings (SSSR count). The number of nitrogens with zero attached hydrogens (tertiary/aromatic N) is 1. The van der Waals surface area contributed by atoms with Crippen LogP contribution in [0.5, 0.6) is 5.75 Å². The predicted molar refractivity (Wildman–Crippen MR) is 59.8 cm³/mol. The summed E-state index contributed by atoms with van der Waals surface area (Å²) in [7, 11) is 0. The van der Waals surface area contributed by atoms with Gasteiger partial charge in [0, 0.05) is 12.6 Å². The van der Waals surface area contributed by atoms with Gasteiger partial charge in [-0.1, -0.05) is 12.1 Å². The van der Waals surface area contributed by atoms with E-state index in [2.05, 4.69) is 9.72 Å². The second kappa shape index (κ2) is 5.53. The normalized spacial score (nSPS) is 10.7. The molecule has 0 amide bonds. The molecule has 5 heteroatoms. The number of hydrogen-bond acceptors (Lipinski definition) is 2. The average Bonchev–Trinajstić information content (AvgIpc) is 2.28. The van der Waals surface area contributed by atoms with Crippen molar-refractivity contribution in [3.63, 3.8) is 0 Å². The fourth-order valence-corrected chi connectivity index (χ4v) is 1.48. The molecule has 93 valence electrons. The van der Waals surface area contributed by atoms with E-state index < -0.39 is 12.4 Å². The molecule has 1 heterocycles. The minimum Gasteiger partial charge on any atom is -0.435 e. The van der Waals surface area contributed by atoms with Gasteiger partial charge in [-0.15, -0.1) is 0 Å². The van der Waals surface area contributed by atoms with Crippen LogP contribution in [0, 0.1) is 12.2 Å². The zero-order valence-electron chi connectivity index (χ0n) is 9.19. The molecule has 1 aromatic heterocycles. The maximum absolute atomic E-state index is 12.9. The Hall–Kier alpha value is -2.04. The third kappa shape index (κ3) is 3.48. The molecule has 1 radical (unpaired) electrons. The summed E-state index contributed by atoms with van der Waals surface area (Å²) in [6.45, 7) is -2.86. The number of alkyl halides is 2. The highest BCUT2D eigenvalue weighted by Gasteiger charge is 2.05. The van der Waals surface area contributed by atoms with Crippen LogP contribution in [0.2, 0.25) is 0 Å². The number of pyridine rings is 1. The third-order valence-electron chi connectivity index (χ3n) is 2.14. The van der Waals surface area contributed by atoms with Gasteiger partial charge in [-0.05, 0) is 29.3 Å². The van der Waals surface area contributed by atoms with E-state index in [1.807, 2.05) is 0 Å². The van der Waals surface area contributed by atoms with Crippen LogP contribution in [0.15, 0.2) is 42.7 Å². The number of ether oxygens (including phenoxy) is 1. The van der Waals surface area contributed by atoms with E-state index in [9.17, 15) is 13.2 Å². The number of benzene rings is 1. The third-order valence-corrected chi connectivity index (χ3v) is 2.14. The first-order valence-corrected chi connectivity index (χ1v) is 5.14. The van der Waals surface area contributed by atoms with E-state index in [0.29, 0.717) is 11.1 Å². The van der Waals surface area contributed by atoms with Crippen LogP contribution in [-0.2, 0) is 0 Å². The minimum atomic E-state index is -2.86. The van der Waals surface area contributed by atoms with E-state index in [0.717, 1.165) is 6.20 Å². The van der Waals surface area contributed by atoms with Crippen LogP contribution >= 0.6 is 0 Å². The van der Waals surface area contributed by atoms with Crippen molar-refractivity contribution in [2.45, 2.75) is 6.61 Å². The molecule has 1 aromatic carbocycles. The maximum atomic E-state index is 12.9. The van der Waals surface area contributed by atoms with E-state index in [-0.39, 0.29) is 5.75 Å². The quantitative estimate of drug-likeness (QED) is 0.831. The summed E-state index contributed by atoms with van der Waals surface area (Å²) in [5, 5.41) is 0. The molecule has 0 aliphatic heterocycles. The summed E-state index contributed by atoms with van der Waals surface area (Å²) in [6.07, 6.45) is 4.19. The number of hydrogen-bond donors (Lipinski definition) is 0. The zero-order valence-corrected chi connectivity index (χ0v) is 9.19. The molecule has 18 heavy (non-hydrogen) atoms. The number of rotatable bonds is 4. The van der Waals surface area contributed by atoms with Crippen molar-refractivity contribution in [3.8, 4) is 5.75 Å². The van der Waals surface area contributed by atoms with Crippen LogP contribution in [0.4, 0.5) is 13.2 Å². The van der Waals surface area contributed by atoms with Gasteiger partial charge in [-0.3, -0.25) is 4.98 Å². The van der Waals surface area contributed by atoms with Gasteiger partial charge in [0.2, 0.25) is 0 Å². The van der Waals surface area contributed by atoms with E-state index >= 15 is 0 Å². The number of aromatic nitrogens is 1. The summed E-state index contributed by atoms with van der Waals surface area (Å²) < 4.78 is 41.3. The van der Waals surface area contributed by atoms with Crippen LogP contribution in [-0.4, -0.2) is 11.6 Å². The van der Waals surface area contributed by atoms with Crippen molar-refractivity contribution in [1.82, 2.24) is 4.98 Å². The summed E-state index contributed by atoms with van der Waals surface area (Å²) in [5.74, 6) is -0.396. The van der Waals surface area contributed by atoms with Crippen molar-refractivity contribution in [3.05, 3.63) is 66.1 Å². The second-order valence-electron chi connectivity index (χ2n) is 3.53. The maximum Gasteiger partial charge on any atom is 0.387 e. The standard InChI is InChI=1S/C13H9F3NO/c14-11-5-10(7-17-8-11)4-9-2-1-3-12(6-9)18-13(15)16/h1-8,13H. The fraction of sp³-hybridized carbons (Fsp3) is 0.0769. The molecule has 2 nitrogen and oxygen atoms in total. The van der Waals surface area contributed by atoms with E-state index in [1.54, 1.807) is 18.6 Å². The Balaban J connectivity index is 2.14. The summed E-state index contributed by atoms with van der Waals surface area (Å²) in [4.78, 5) is 3.69. The van der Waals surface area contributed by atoms with Gasteiger partial charge in [0.25, 0.3) is 0 Å². The van der Waals surface area contributed by atoms with Gasteiger partial charge in [-0.25, -0.2) is 4.39 Å². The average molecular weight is 252 g/mol. The van der Waals surface area contributed by atoms with Gasteiger partial charge >= 0.3 is 6.61 Å². The Morgan fingerprint density at radius 3 is 2.67 bits per heavy atom. The lowest BCUT2D eigenvalue weighted by atomic mass is 10.1. The largest absolute Gasteiger partial charge is 0.435 e. The van der Waals surface area contributed by atoms with Crippen molar-refractivity contribution in [2.75, 3.05) is 0 Å². The Morgan fingerprint density at radius 1 is 1.11 bits per heavy atom. The first-order chi connectivity index (χ1) is 8.63. The van der Waals surface area contributed by atoms with Gasteiger partial charge < -0.3 is 4.74 Å². The lowest BCUT2D eigenvalue weighted by molar-refractivity contribution is -0.0498. The van der Waals surface area contributed by atoms with E-state index in [4.69, 9.17) is 0 Å². The minimum absolute atomic E-state index is 0.0584. The molecular weight excluding hydrogens is 243 g/mol. The molecule has 0 saturated heterocycles. The molecule has 0 spiro atoms. The van der Waals surface area contributed by atoms with Crippen molar-refractivity contribution in [1.29, 1.82) is 0 Å². The lowest BCUT2D eigenvalue weighted by Gasteiger charge is -2.06. The van der Waals surface area contributed by atoms with Crippen molar-refractivity contribution < 1.29 is 17.9 Å². The Morgan fingerprint density at radius 2 is 1.94 bits per heavy atom. The monoisotopic (exact) mass is 252 g/mol. The highest BCUT2D eigenvalue weighted by molar-refractivity contribution is 5.39. The smallest absolute Gasteiger partial charge is 0.387 e. The van der Waals surface area contributed by atoms with Gasteiger partial charge in [0.15, 0.2) is 0 Å². The summed E-state index contributed by atoms with van der Waals surface area (Å²) in [5.41, 5.74) is 1.17. The van der Waals surface area contributed by atoms with Gasteiger partial charge in [0.05, 0.1) is 6.20 Å². The van der Waals surface area contributed by atoms with E-state index in [1.165, 1.54) is 24.4 Å². The van der Waals surface area contributed by atoms with Crippen LogP contribution in [0.25, 0.3) is 0 Å². The highest BCUT2D eigenvalue weighted by Crippen LogP contribution is 2.19. The SMILES string of the molecule is Fc1cncc([CH]c2cccc(OC(F)F)c2)c1. The van der Waals surface area contributed by atoms with Gasteiger partial charge in [-0.2, -0.15) is 8.78 Å². The Bertz CT molecular complexity index is 531. The second-order valence-corrected chi connectivity index (χ2v) is 3.53. The molecule has 0 N–H and O–H groups in total. The van der Waals surface area contributed by atoms with Crippen LogP contribution < -0.4 is 4.74 Å². The Labute approximate surface area is 102 Å². The first kappa shape index (κ1) is 12.4. The van der Waals surface area contributed by atoms with Gasteiger partial charge in [0.1, 0.15) is 11.6 Å². The summed E-state index contributed by atoms with van der Waals surface area (Å²) >= 11 is 0. The molecule has 0 atom stereocenters. The highest BCUT2D eigenvalue weighted by atomic mass is 19.3. The molecule has 0 fully saturated rings. The molecule has 0 aliphatic rings. The lowest BCUT2D eigenvalue weighted by Crippen LogP contribution is -2.02. The van der Waals surface area contributed by atoms with Crippen LogP contribution in [0.1, 0.15) is 11.1 Å². The molecule has 0 bridgehead atoms. The first-order valence-electron chi connectivity index (χ1n) is 5.14. The van der Waals surface area contributed by atoms with Crippen LogP contribution in [0.3, 0.4) is 0 Å². The molecule has 0 aliphatic carbocycles. The molecule has 0 unspecified atom stereocenters. The molecular formula is C13H9F3NO.